The van der Waals surface area contributed by atoms with E-state index in [1.54, 1.807) is 0 Å². The molecule has 1 atom stereocenters. The number of carbonyl (C=O) groups excluding carboxylic acids is 1. The number of hydrogen-bond donors (Lipinski definition) is 0. The minimum Gasteiger partial charge on any atom is -0.294 e. The van der Waals surface area contributed by atoms with E-state index in [0.717, 1.165) is 10.0 Å². The summed E-state index contributed by atoms with van der Waals surface area (Å²) in [7, 11) is 0. The van der Waals surface area contributed by atoms with Gasteiger partial charge in [0.05, 0.1) is 0 Å². The molecule has 0 aliphatic heterocycles. The molecule has 0 N–H and O–H groups in total. The van der Waals surface area contributed by atoms with Crippen molar-refractivity contribution in [2.24, 2.45) is 5.92 Å². The Morgan fingerprint density at radius 2 is 1.71 bits per heavy atom. The highest BCUT2D eigenvalue weighted by atomic mass is 79.9. The van der Waals surface area contributed by atoms with Crippen molar-refractivity contribution in [3.63, 3.8) is 0 Å². The Bertz CT molecular complexity index is 628. The van der Waals surface area contributed by atoms with Crippen LogP contribution in [0.1, 0.15) is 42.1 Å². The van der Waals surface area contributed by atoms with E-state index in [1.165, 1.54) is 18.4 Å². The first kappa shape index (κ1) is 14.5. The Morgan fingerprint density at radius 1 is 1.10 bits per heavy atom. The van der Waals surface area contributed by atoms with Crippen molar-refractivity contribution in [2.75, 3.05) is 0 Å². The molecule has 0 heterocycles. The molecule has 1 unspecified atom stereocenters. The molecule has 0 spiro atoms. The smallest absolute Gasteiger partial charge is 0.163 e. The summed E-state index contributed by atoms with van der Waals surface area (Å²) in [6.07, 6.45) is 3.05. The van der Waals surface area contributed by atoms with Crippen LogP contribution in [0, 0.1) is 5.92 Å². The van der Waals surface area contributed by atoms with Crippen molar-refractivity contribution >= 4 is 21.7 Å². The minimum atomic E-state index is -0.0480. The molecule has 3 rings (SSSR count). The number of hydrogen-bond acceptors (Lipinski definition) is 1. The van der Waals surface area contributed by atoms with Crippen molar-refractivity contribution in [1.82, 2.24) is 0 Å². The average Bonchev–Trinajstić information content (AvgIpc) is 3.33. The van der Waals surface area contributed by atoms with Gasteiger partial charge in [0, 0.05) is 21.9 Å². The zero-order valence-corrected chi connectivity index (χ0v) is 13.8. The molecule has 21 heavy (non-hydrogen) atoms. The molecule has 2 aromatic carbocycles. The third kappa shape index (κ3) is 3.11. The van der Waals surface area contributed by atoms with Crippen LogP contribution in [0.3, 0.4) is 0 Å². The third-order valence-corrected chi connectivity index (χ3v) is 5.13. The second kappa shape index (κ2) is 5.76. The molecule has 1 nitrogen and oxygen atoms in total. The molecule has 0 amide bonds. The summed E-state index contributed by atoms with van der Waals surface area (Å²) in [5, 5.41) is 0. The molecule has 0 aromatic heterocycles. The lowest BCUT2D eigenvalue weighted by Gasteiger charge is -2.30. The van der Waals surface area contributed by atoms with E-state index < -0.39 is 0 Å². The first-order valence-corrected chi connectivity index (χ1v) is 8.23. The number of Topliss-reactive ketones (excluding diaryl/α,β-unsaturated/α-hetero) is 1. The first-order valence-electron chi connectivity index (χ1n) is 7.44. The zero-order valence-electron chi connectivity index (χ0n) is 12.2. The van der Waals surface area contributed by atoms with Gasteiger partial charge in [-0.05, 0) is 36.5 Å². The predicted molar refractivity (Wildman–Crippen MR) is 89.6 cm³/mol. The van der Waals surface area contributed by atoms with Gasteiger partial charge >= 0.3 is 0 Å². The van der Waals surface area contributed by atoms with Gasteiger partial charge in [0.15, 0.2) is 5.78 Å². The maximum absolute atomic E-state index is 12.6. The van der Waals surface area contributed by atoms with Crippen LogP contribution < -0.4 is 0 Å². The largest absolute Gasteiger partial charge is 0.294 e. The summed E-state index contributed by atoms with van der Waals surface area (Å²) in [4.78, 5) is 12.6. The van der Waals surface area contributed by atoms with E-state index in [-0.39, 0.29) is 11.2 Å². The molecule has 2 heteroatoms. The Labute approximate surface area is 134 Å². The molecule has 1 aliphatic carbocycles. The van der Waals surface area contributed by atoms with Gasteiger partial charge in [0.25, 0.3) is 0 Å². The molecule has 1 saturated carbocycles. The van der Waals surface area contributed by atoms with Gasteiger partial charge in [0.2, 0.25) is 0 Å². The Hall–Kier alpha value is -1.41. The fourth-order valence-electron chi connectivity index (χ4n) is 3.09. The van der Waals surface area contributed by atoms with Gasteiger partial charge in [0.1, 0.15) is 0 Å². The Balaban J connectivity index is 1.88. The molecule has 0 bridgehead atoms. The van der Waals surface area contributed by atoms with Crippen LogP contribution in [0.25, 0.3) is 0 Å². The summed E-state index contributed by atoms with van der Waals surface area (Å²) in [5.41, 5.74) is 2.05. The molecule has 0 saturated heterocycles. The lowest BCUT2D eigenvalue weighted by Crippen LogP contribution is -2.28. The maximum atomic E-state index is 12.6. The molecule has 1 aliphatic rings. The number of benzene rings is 2. The second-order valence-corrected chi connectivity index (χ2v) is 7.08. The summed E-state index contributed by atoms with van der Waals surface area (Å²) < 4.78 is 1.08. The van der Waals surface area contributed by atoms with E-state index in [4.69, 9.17) is 0 Å². The van der Waals surface area contributed by atoms with Crippen molar-refractivity contribution in [3.8, 4) is 0 Å². The van der Waals surface area contributed by atoms with E-state index in [1.807, 2.05) is 30.3 Å². The van der Waals surface area contributed by atoms with Crippen LogP contribution >= 0.6 is 15.9 Å². The van der Waals surface area contributed by atoms with E-state index >= 15 is 0 Å². The predicted octanol–water partition coefficient (Wildman–Crippen LogP) is 5.39. The van der Waals surface area contributed by atoms with Crippen LogP contribution in [0.15, 0.2) is 59.1 Å². The van der Waals surface area contributed by atoms with Gasteiger partial charge in [-0.1, -0.05) is 65.3 Å². The summed E-state index contributed by atoms with van der Waals surface area (Å²) >= 11 is 3.49. The highest BCUT2D eigenvalue weighted by molar-refractivity contribution is 9.10. The molecule has 108 valence electrons. The normalized spacial score (nSPS) is 17.2. The standard InChI is InChI=1S/C19H19BrO/c1-19(15-7-8-15,16-9-11-17(20)12-10-16)13-18(21)14-5-3-2-4-6-14/h2-6,9-12,15H,7-8,13H2,1H3. The fraction of sp³-hybridized carbons (Fsp3) is 0.316. The Morgan fingerprint density at radius 3 is 2.29 bits per heavy atom. The van der Waals surface area contributed by atoms with Crippen molar-refractivity contribution in [3.05, 3.63) is 70.2 Å². The van der Waals surface area contributed by atoms with Crippen LogP contribution in [0.5, 0.6) is 0 Å². The molecule has 0 radical (unpaired) electrons. The second-order valence-electron chi connectivity index (χ2n) is 6.16. The van der Waals surface area contributed by atoms with Crippen LogP contribution in [-0.2, 0) is 5.41 Å². The SMILES string of the molecule is CC(CC(=O)c1ccccc1)(c1ccc(Br)cc1)C1CC1. The summed E-state index contributed by atoms with van der Waals surface area (Å²) in [5.74, 6) is 0.874. The van der Waals surface area contributed by atoms with Gasteiger partial charge in [-0.15, -0.1) is 0 Å². The monoisotopic (exact) mass is 342 g/mol. The molecular formula is C19H19BrO. The van der Waals surface area contributed by atoms with Crippen molar-refractivity contribution < 1.29 is 4.79 Å². The lowest BCUT2D eigenvalue weighted by atomic mass is 9.73. The topological polar surface area (TPSA) is 17.1 Å². The van der Waals surface area contributed by atoms with Crippen molar-refractivity contribution in [2.45, 2.75) is 31.6 Å². The zero-order chi connectivity index (χ0) is 14.9. The van der Waals surface area contributed by atoms with Gasteiger partial charge in [-0.3, -0.25) is 4.79 Å². The fourth-order valence-corrected chi connectivity index (χ4v) is 3.36. The van der Waals surface area contributed by atoms with Crippen molar-refractivity contribution in [1.29, 1.82) is 0 Å². The van der Waals surface area contributed by atoms with E-state index in [9.17, 15) is 4.79 Å². The average molecular weight is 343 g/mol. The number of ketones is 1. The van der Waals surface area contributed by atoms with Gasteiger partial charge in [-0.25, -0.2) is 0 Å². The quantitative estimate of drug-likeness (QED) is 0.665. The number of rotatable bonds is 5. The van der Waals surface area contributed by atoms with Gasteiger partial charge in [-0.2, -0.15) is 0 Å². The number of carbonyl (C=O) groups is 1. The first-order chi connectivity index (χ1) is 10.1. The summed E-state index contributed by atoms with van der Waals surface area (Å²) in [6, 6.07) is 18.1. The highest BCUT2D eigenvalue weighted by Gasteiger charge is 2.43. The summed E-state index contributed by atoms with van der Waals surface area (Å²) in [6.45, 7) is 2.24. The van der Waals surface area contributed by atoms with E-state index in [2.05, 4.69) is 47.1 Å². The highest BCUT2D eigenvalue weighted by Crippen LogP contribution is 2.49. The maximum Gasteiger partial charge on any atom is 0.163 e. The third-order valence-electron chi connectivity index (χ3n) is 4.61. The van der Waals surface area contributed by atoms with Crippen LogP contribution in [0.2, 0.25) is 0 Å². The number of halogens is 1. The van der Waals surface area contributed by atoms with Gasteiger partial charge < -0.3 is 0 Å². The molecule has 1 fully saturated rings. The van der Waals surface area contributed by atoms with Crippen LogP contribution in [-0.4, -0.2) is 5.78 Å². The van der Waals surface area contributed by atoms with E-state index in [0.29, 0.717) is 12.3 Å². The Kier molecular flexibility index (Phi) is 3.99. The lowest BCUT2D eigenvalue weighted by molar-refractivity contribution is 0.0946. The van der Waals surface area contributed by atoms with Crippen LogP contribution in [0.4, 0.5) is 0 Å². The minimum absolute atomic E-state index is 0.0480. The molecular weight excluding hydrogens is 324 g/mol. The molecule has 2 aromatic rings.